The van der Waals surface area contributed by atoms with Crippen molar-refractivity contribution < 1.29 is 28.5 Å². The Morgan fingerprint density at radius 1 is 1.00 bits per heavy atom. The van der Waals surface area contributed by atoms with Crippen molar-refractivity contribution in [1.82, 2.24) is 5.43 Å². The summed E-state index contributed by atoms with van der Waals surface area (Å²) in [6.45, 7) is 3.89. The third-order valence-corrected chi connectivity index (χ3v) is 6.37. The second-order valence-corrected chi connectivity index (χ2v) is 9.40. The minimum absolute atomic E-state index is 0.226. The summed E-state index contributed by atoms with van der Waals surface area (Å²) < 4.78 is 22.6. The molecular formula is C27H27ClIN3O6. The Morgan fingerprint density at radius 2 is 1.76 bits per heavy atom. The van der Waals surface area contributed by atoms with Crippen molar-refractivity contribution in [2.75, 3.05) is 32.8 Å². The Balaban J connectivity index is 1.67. The third kappa shape index (κ3) is 7.75. The highest BCUT2D eigenvalue weighted by Gasteiger charge is 2.15. The highest BCUT2D eigenvalue weighted by atomic mass is 127. The number of aryl methyl sites for hydroxylation is 1. The van der Waals surface area contributed by atoms with Crippen LogP contribution in [0.5, 0.6) is 23.0 Å². The molecule has 0 saturated carbocycles. The molecule has 200 valence electrons. The summed E-state index contributed by atoms with van der Waals surface area (Å²) in [4.78, 5) is 24.9. The van der Waals surface area contributed by atoms with Crippen LogP contribution in [0.25, 0.3) is 0 Å². The normalized spacial score (nSPS) is 10.7. The van der Waals surface area contributed by atoms with Crippen LogP contribution in [0.4, 0.5) is 5.69 Å². The van der Waals surface area contributed by atoms with Crippen LogP contribution in [0.15, 0.2) is 53.6 Å². The first-order valence-corrected chi connectivity index (χ1v) is 12.9. The number of amides is 2. The van der Waals surface area contributed by atoms with E-state index in [0.29, 0.717) is 55.0 Å². The van der Waals surface area contributed by atoms with Crippen molar-refractivity contribution in [3.05, 3.63) is 73.8 Å². The number of nitrogens with zero attached hydrogens (tertiary/aromatic N) is 1. The van der Waals surface area contributed by atoms with E-state index >= 15 is 0 Å². The Hall–Kier alpha value is -3.51. The van der Waals surface area contributed by atoms with Crippen molar-refractivity contribution in [3.63, 3.8) is 0 Å². The van der Waals surface area contributed by atoms with Crippen molar-refractivity contribution in [1.29, 1.82) is 0 Å². The average Bonchev–Trinajstić information content (AvgIpc) is 2.90. The lowest BCUT2D eigenvalue weighted by Crippen LogP contribution is -2.20. The predicted octanol–water partition coefficient (Wildman–Crippen LogP) is 5.45. The first-order valence-electron chi connectivity index (χ1n) is 11.5. The van der Waals surface area contributed by atoms with Gasteiger partial charge in [-0.1, -0.05) is 17.7 Å². The smallest absolute Gasteiger partial charge is 0.271 e. The molecular weight excluding hydrogens is 625 g/mol. The van der Waals surface area contributed by atoms with Crippen LogP contribution in [-0.2, 0) is 4.79 Å². The molecule has 0 aliphatic heterocycles. The number of carbonyl (C=O) groups is 2. The largest absolute Gasteiger partial charge is 0.493 e. The number of halogens is 2. The Kier molecular flexibility index (Phi) is 10.6. The Morgan fingerprint density at radius 3 is 2.45 bits per heavy atom. The molecule has 0 atom stereocenters. The molecule has 3 aromatic carbocycles. The zero-order valence-corrected chi connectivity index (χ0v) is 24.2. The van der Waals surface area contributed by atoms with Gasteiger partial charge in [-0.15, -0.1) is 0 Å². The summed E-state index contributed by atoms with van der Waals surface area (Å²) in [5.74, 6) is 1.07. The molecule has 0 saturated heterocycles. The molecule has 0 unspecified atom stereocenters. The molecule has 2 amide bonds. The van der Waals surface area contributed by atoms with E-state index in [1.165, 1.54) is 20.4 Å². The number of methoxy groups -OCH3 is 2. The number of hydrogen-bond acceptors (Lipinski definition) is 7. The number of rotatable bonds is 11. The average molecular weight is 652 g/mol. The minimum Gasteiger partial charge on any atom is -0.493 e. The van der Waals surface area contributed by atoms with Gasteiger partial charge in [0.2, 0.25) is 0 Å². The lowest BCUT2D eigenvalue weighted by molar-refractivity contribution is -0.118. The molecule has 0 spiro atoms. The van der Waals surface area contributed by atoms with Crippen molar-refractivity contribution in [2.24, 2.45) is 5.10 Å². The number of carbonyl (C=O) groups excluding carboxylic acids is 2. The number of anilines is 1. The van der Waals surface area contributed by atoms with Gasteiger partial charge in [0.05, 0.1) is 30.6 Å². The number of benzene rings is 3. The highest BCUT2D eigenvalue weighted by Crippen LogP contribution is 2.34. The number of hydrazone groups is 1. The first kappa shape index (κ1) is 29.1. The van der Waals surface area contributed by atoms with Crippen LogP contribution in [-0.4, -0.2) is 45.5 Å². The fraction of sp³-hybridized carbons (Fsp3) is 0.222. The zero-order chi connectivity index (χ0) is 27.7. The summed E-state index contributed by atoms with van der Waals surface area (Å²) in [7, 11) is 3.02. The molecule has 0 heterocycles. The fourth-order valence-electron chi connectivity index (χ4n) is 3.28. The zero-order valence-electron chi connectivity index (χ0n) is 21.3. The fourth-order valence-corrected chi connectivity index (χ4v) is 4.24. The molecule has 38 heavy (non-hydrogen) atoms. The van der Waals surface area contributed by atoms with Gasteiger partial charge >= 0.3 is 0 Å². The summed E-state index contributed by atoms with van der Waals surface area (Å²) in [5, 5.41) is 7.38. The van der Waals surface area contributed by atoms with Gasteiger partial charge in [-0.3, -0.25) is 9.59 Å². The van der Waals surface area contributed by atoms with Crippen molar-refractivity contribution in [3.8, 4) is 23.0 Å². The topological polar surface area (TPSA) is 107 Å². The van der Waals surface area contributed by atoms with Gasteiger partial charge in [-0.25, -0.2) is 5.43 Å². The lowest BCUT2D eigenvalue weighted by atomic mass is 10.2. The molecule has 9 nitrogen and oxygen atoms in total. The van der Waals surface area contributed by atoms with E-state index in [1.807, 2.05) is 19.9 Å². The van der Waals surface area contributed by atoms with Gasteiger partial charge < -0.3 is 24.3 Å². The van der Waals surface area contributed by atoms with Crippen LogP contribution in [0.2, 0.25) is 5.02 Å². The molecule has 11 heteroatoms. The number of nitrogens with one attached hydrogen (secondary N) is 2. The second kappa shape index (κ2) is 13.9. The van der Waals surface area contributed by atoms with Gasteiger partial charge in [-0.2, -0.15) is 5.10 Å². The van der Waals surface area contributed by atoms with Crippen molar-refractivity contribution >= 4 is 57.9 Å². The lowest BCUT2D eigenvalue weighted by Gasteiger charge is -2.15. The van der Waals surface area contributed by atoms with Gasteiger partial charge in [0.15, 0.2) is 29.6 Å². The summed E-state index contributed by atoms with van der Waals surface area (Å²) in [6.07, 6.45) is 1.49. The monoisotopic (exact) mass is 651 g/mol. The molecule has 3 rings (SSSR count). The standard InChI is InChI=1S/C27H27ClIN3O6/c1-5-37-24-11-17(14-30-32-27(34)18-7-9-22(35-3)23(12-18)36-4)10-21(29)26(24)38-15-25(33)31-19-8-6-16(2)20(28)13-19/h6-14H,5,15H2,1-4H3,(H,31,33)(H,32,34)/b30-14+. The third-order valence-electron chi connectivity index (χ3n) is 5.16. The molecule has 0 bridgehead atoms. The minimum atomic E-state index is -0.414. The van der Waals surface area contributed by atoms with Crippen LogP contribution >= 0.6 is 34.2 Å². The summed E-state index contributed by atoms with van der Waals surface area (Å²) in [5.41, 5.74) is 5.01. The Bertz CT molecular complexity index is 1350. The maximum absolute atomic E-state index is 12.5. The van der Waals surface area contributed by atoms with Gasteiger partial charge in [0, 0.05) is 16.3 Å². The molecule has 2 N–H and O–H groups in total. The van der Waals surface area contributed by atoms with Gasteiger partial charge in [-0.05, 0) is 90.0 Å². The predicted molar refractivity (Wildman–Crippen MR) is 155 cm³/mol. The first-order chi connectivity index (χ1) is 18.2. The highest BCUT2D eigenvalue weighted by molar-refractivity contribution is 14.1. The molecule has 3 aromatic rings. The van der Waals surface area contributed by atoms with E-state index in [1.54, 1.807) is 42.5 Å². The molecule has 0 aliphatic rings. The van der Waals surface area contributed by atoms with Gasteiger partial charge in [0.1, 0.15) is 0 Å². The maximum atomic E-state index is 12.5. The maximum Gasteiger partial charge on any atom is 0.271 e. The summed E-state index contributed by atoms with van der Waals surface area (Å²) >= 11 is 8.22. The van der Waals surface area contributed by atoms with E-state index in [-0.39, 0.29) is 12.5 Å². The van der Waals surface area contributed by atoms with E-state index in [0.717, 1.165) is 5.56 Å². The SMILES string of the molecule is CCOc1cc(/C=N/NC(=O)c2ccc(OC)c(OC)c2)cc(I)c1OCC(=O)Nc1ccc(C)c(Cl)c1. The number of hydrogen-bond donors (Lipinski definition) is 2. The quantitative estimate of drug-likeness (QED) is 0.162. The summed E-state index contributed by atoms with van der Waals surface area (Å²) in [6, 6.07) is 13.6. The van der Waals surface area contributed by atoms with Crippen LogP contribution < -0.4 is 29.7 Å². The van der Waals surface area contributed by atoms with Gasteiger partial charge in [0.25, 0.3) is 11.8 Å². The van der Waals surface area contributed by atoms with E-state index in [2.05, 4.69) is 38.4 Å². The van der Waals surface area contributed by atoms with E-state index < -0.39 is 5.91 Å². The molecule has 0 fully saturated rings. The van der Waals surface area contributed by atoms with Crippen LogP contribution in [0, 0.1) is 10.5 Å². The number of ether oxygens (including phenoxy) is 4. The van der Waals surface area contributed by atoms with Crippen molar-refractivity contribution in [2.45, 2.75) is 13.8 Å². The van der Waals surface area contributed by atoms with E-state index in [4.69, 9.17) is 30.5 Å². The molecule has 0 aromatic heterocycles. The van der Waals surface area contributed by atoms with E-state index in [9.17, 15) is 9.59 Å². The molecule has 0 radical (unpaired) electrons. The van der Waals surface area contributed by atoms with Crippen LogP contribution in [0.1, 0.15) is 28.4 Å². The van der Waals surface area contributed by atoms with Crippen LogP contribution in [0.3, 0.4) is 0 Å². The second-order valence-electron chi connectivity index (χ2n) is 7.83. The molecule has 0 aliphatic carbocycles. The Labute approximate surface area is 239 Å².